The van der Waals surface area contributed by atoms with E-state index in [-0.39, 0.29) is 5.69 Å². The number of fused-ring (bicyclic) bond motifs is 1. The van der Waals surface area contributed by atoms with Crippen LogP contribution < -0.4 is 15.6 Å². The molecule has 2 N–H and O–H groups in total. The number of hydrogen-bond donors (Lipinski definition) is 2. The van der Waals surface area contributed by atoms with Crippen molar-refractivity contribution in [2.75, 3.05) is 7.11 Å². The third kappa shape index (κ3) is 3.30. The molecule has 0 unspecified atom stereocenters. The van der Waals surface area contributed by atoms with Gasteiger partial charge < -0.3 is 4.74 Å². The largest absolute Gasteiger partial charge is 0.481 e. The maximum atomic E-state index is 12.1. The molecule has 7 heteroatoms. The zero-order chi connectivity index (χ0) is 16.9. The van der Waals surface area contributed by atoms with Gasteiger partial charge in [0.15, 0.2) is 0 Å². The lowest BCUT2D eigenvalue weighted by molar-refractivity contribution is 0.0844. The number of benzene rings is 1. The third-order valence-electron chi connectivity index (χ3n) is 3.33. The van der Waals surface area contributed by atoms with Gasteiger partial charge in [0.2, 0.25) is 5.88 Å². The van der Waals surface area contributed by atoms with E-state index in [4.69, 9.17) is 4.74 Å². The first kappa shape index (κ1) is 15.4. The molecule has 2 amide bonds. The van der Waals surface area contributed by atoms with Gasteiger partial charge in [-0.25, -0.2) is 9.97 Å². The first-order valence-corrected chi connectivity index (χ1v) is 7.14. The highest BCUT2D eigenvalue weighted by molar-refractivity contribution is 5.99. The summed E-state index contributed by atoms with van der Waals surface area (Å²) in [6.07, 6.45) is 1.36. The second kappa shape index (κ2) is 6.74. The fourth-order valence-corrected chi connectivity index (χ4v) is 2.08. The van der Waals surface area contributed by atoms with E-state index >= 15 is 0 Å². The lowest BCUT2D eigenvalue weighted by Crippen LogP contribution is -2.42. The number of hydrogen-bond acceptors (Lipinski definition) is 5. The fourth-order valence-electron chi connectivity index (χ4n) is 2.08. The monoisotopic (exact) mass is 322 g/mol. The maximum absolute atomic E-state index is 12.1. The highest BCUT2D eigenvalue weighted by Gasteiger charge is 2.11. The summed E-state index contributed by atoms with van der Waals surface area (Å²) in [5.41, 5.74) is 5.86. The van der Waals surface area contributed by atoms with Crippen LogP contribution in [0.2, 0.25) is 0 Å². The van der Waals surface area contributed by atoms with Crippen molar-refractivity contribution in [3.63, 3.8) is 0 Å². The van der Waals surface area contributed by atoms with E-state index in [9.17, 15) is 9.59 Å². The van der Waals surface area contributed by atoms with Gasteiger partial charge in [-0.3, -0.25) is 20.4 Å². The van der Waals surface area contributed by atoms with Gasteiger partial charge in [-0.1, -0.05) is 24.3 Å². The Balaban J connectivity index is 1.66. The SMILES string of the molecule is COc1ccc(C(=O)NNC(=O)c2ccc3ccccc3n2)cn1. The van der Waals surface area contributed by atoms with E-state index in [0.717, 1.165) is 5.39 Å². The van der Waals surface area contributed by atoms with Crippen LogP contribution in [-0.2, 0) is 0 Å². The van der Waals surface area contributed by atoms with Crippen LogP contribution in [-0.4, -0.2) is 28.9 Å². The average molecular weight is 322 g/mol. The number of aromatic nitrogens is 2. The summed E-state index contributed by atoms with van der Waals surface area (Å²) in [7, 11) is 1.48. The van der Waals surface area contributed by atoms with Crippen LogP contribution in [0, 0.1) is 0 Å². The Kier molecular flexibility index (Phi) is 4.33. The van der Waals surface area contributed by atoms with Gasteiger partial charge in [-0.05, 0) is 18.2 Å². The molecule has 120 valence electrons. The average Bonchev–Trinajstić information content (AvgIpc) is 2.65. The van der Waals surface area contributed by atoms with Gasteiger partial charge in [-0.15, -0.1) is 0 Å². The van der Waals surface area contributed by atoms with Crippen LogP contribution in [0.5, 0.6) is 5.88 Å². The van der Waals surface area contributed by atoms with Crippen molar-refractivity contribution in [2.24, 2.45) is 0 Å². The Bertz CT molecular complexity index is 894. The number of ether oxygens (including phenoxy) is 1. The van der Waals surface area contributed by atoms with Gasteiger partial charge in [0.25, 0.3) is 11.8 Å². The van der Waals surface area contributed by atoms with Crippen molar-refractivity contribution < 1.29 is 14.3 Å². The quantitative estimate of drug-likeness (QED) is 0.716. The summed E-state index contributed by atoms with van der Waals surface area (Å²) in [5, 5.41) is 0.933. The molecule has 3 rings (SSSR count). The number of para-hydroxylation sites is 1. The van der Waals surface area contributed by atoms with Crippen LogP contribution in [0.25, 0.3) is 10.9 Å². The van der Waals surface area contributed by atoms with Crippen molar-refractivity contribution in [1.82, 2.24) is 20.8 Å². The molecule has 0 fully saturated rings. The van der Waals surface area contributed by atoms with Crippen molar-refractivity contribution in [3.05, 3.63) is 66.0 Å². The van der Waals surface area contributed by atoms with Crippen molar-refractivity contribution in [2.45, 2.75) is 0 Å². The molecule has 2 aromatic heterocycles. The van der Waals surface area contributed by atoms with Crippen LogP contribution in [0.3, 0.4) is 0 Å². The lowest BCUT2D eigenvalue weighted by Gasteiger charge is -2.07. The number of methoxy groups -OCH3 is 1. The predicted molar refractivity (Wildman–Crippen MR) is 87.5 cm³/mol. The molecule has 1 aromatic carbocycles. The smallest absolute Gasteiger partial charge is 0.288 e. The Morgan fingerprint density at radius 1 is 0.958 bits per heavy atom. The van der Waals surface area contributed by atoms with E-state index in [1.165, 1.54) is 13.3 Å². The van der Waals surface area contributed by atoms with Crippen LogP contribution in [0.1, 0.15) is 20.8 Å². The van der Waals surface area contributed by atoms with Crippen molar-refractivity contribution >= 4 is 22.7 Å². The maximum Gasteiger partial charge on any atom is 0.288 e. The Labute approximate surface area is 137 Å². The van der Waals surface area contributed by atoms with Crippen LogP contribution in [0.15, 0.2) is 54.7 Å². The number of hydrazine groups is 1. The highest BCUT2D eigenvalue weighted by atomic mass is 16.5. The number of nitrogens with zero attached hydrogens (tertiary/aromatic N) is 2. The minimum atomic E-state index is -0.504. The van der Waals surface area contributed by atoms with E-state index in [2.05, 4.69) is 20.8 Å². The fraction of sp³-hybridized carbons (Fsp3) is 0.0588. The number of amides is 2. The van der Waals surface area contributed by atoms with Gasteiger partial charge >= 0.3 is 0 Å². The first-order chi connectivity index (χ1) is 11.7. The van der Waals surface area contributed by atoms with E-state index in [1.54, 1.807) is 24.3 Å². The van der Waals surface area contributed by atoms with Gasteiger partial charge in [0, 0.05) is 17.6 Å². The van der Waals surface area contributed by atoms with Crippen molar-refractivity contribution in [3.8, 4) is 5.88 Å². The second-order valence-corrected chi connectivity index (χ2v) is 4.89. The molecule has 0 aliphatic carbocycles. The molecule has 3 aromatic rings. The number of rotatable bonds is 3. The summed E-state index contributed by atoms with van der Waals surface area (Å²) in [4.78, 5) is 32.3. The standard InChI is InChI=1S/C17H14N4O3/c1-24-15-9-7-12(10-18-15)16(22)20-21-17(23)14-8-6-11-4-2-3-5-13(11)19-14/h2-10H,1H3,(H,20,22)(H,21,23). The summed E-state index contributed by atoms with van der Waals surface area (Å²) >= 11 is 0. The van der Waals surface area contributed by atoms with Crippen molar-refractivity contribution in [1.29, 1.82) is 0 Å². The Hall–Kier alpha value is -3.48. The van der Waals surface area contributed by atoms with E-state index in [1.807, 2.05) is 24.3 Å². The first-order valence-electron chi connectivity index (χ1n) is 7.14. The number of carbonyl (C=O) groups is 2. The lowest BCUT2D eigenvalue weighted by atomic mass is 10.2. The summed E-state index contributed by atoms with van der Waals surface area (Å²) < 4.78 is 4.92. The highest BCUT2D eigenvalue weighted by Crippen LogP contribution is 2.11. The number of nitrogens with one attached hydrogen (secondary N) is 2. The molecule has 0 aliphatic heterocycles. The third-order valence-corrected chi connectivity index (χ3v) is 3.33. The van der Waals surface area contributed by atoms with Gasteiger partial charge in [-0.2, -0.15) is 0 Å². The molecule has 24 heavy (non-hydrogen) atoms. The Morgan fingerprint density at radius 3 is 2.50 bits per heavy atom. The molecule has 0 atom stereocenters. The van der Waals surface area contributed by atoms with E-state index in [0.29, 0.717) is 17.0 Å². The molecule has 7 nitrogen and oxygen atoms in total. The van der Waals surface area contributed by atoms with Crippen LogP contribution >= 0.6 is 0 Å². The topological polar surface area (TPSA) is 93.2 Å². The summed E-state index contributed by atoms with van der Waals surface area (Å²) in [5.74, 6) is -0.592. The summed E-state index contributed by atoms with van der Waals surface area (Å²) in [6.45, 7) is 0. The molecule has 0 radical (unpaired) electrons. The minimum Gasteiger partial charge on any atom is -0.481 e. The molecule has 0 spiro atoms. The normalized spacial score (nSPS) is 10.2. The van der Waals surface area contributed by atoms with Crippen LogP contribution in [0.4, 0.5) is 0 Å². The van der Waals surface area contributed by atoms with Gasteiger partial charge in [0.05, 0.1) is 18.2 Å². The molecule has 0 saturated heterocycles. The molecule has 2 heterocycles. The molecule has 0 bridgehead atoms. The molecular weight excluding hydrogens is 308 g/mol. The molecule has 0 saturated carbocycles. The Morgan fingerprint density at radius 2 is 1.75 bits per heavy atom. The predicted octanol–water partition coefficient (Wildman–Crippen LogP) is 1.71. The van der Waals surface area contributed by atoms with Gasteiger partial charge in [0.1, 0.15) is 5.69 Å². The second-order valence-electron chi connectivity index (χ2n) is 4.89. The zero-order valence-electron chi connectivity index (χ0n) is 12.8. The summed E-state index contributed by atoms with van der Waals surface area (Å²) in [6, 6.07) is 14.0. The van der Waals surface area contributed by atoms with E-state index < -0.39 is 11.8 Å². The minimum absolute atomic E-state index is 0.210. The zero-order valence-corrected chi connectivity index (χ0v) is 12.8. The molecular formula is C17H14N4O3. The number of carbonyl (C=O) groups excluding carboxylic acids is 2. The molecule has 0 aliphatic rings. The number of pyridine rings is 2.